The first-order valence-corrected chi connectivity index (χ1v) is 10.7. The number of halogens is 1. The molecular formula is C20H35ClN4O2. The molecular weight excluding hydrogens is 364 g/mol. The normalized spacial score (nSPS) is 28.2. The minimum Gasteiger partial charge on any atom is -0.342 e. The Morgan fingerprint density at radius 2 is 1.67 bits per heavy atom. The van der Waals surface area contributed by atoms with Crippen molar-refractivity contribution in [3.8, 4) is 0 Å². The van der Waals surface area contributed by atoms with Crippen molar-refractivity contribution >= 4 is 24.3 Å². The number of carbonyl (C=O) groups is 2. The number of likely N-dealkylation sites (tertiary alicyclic amines) is 2. The summed E-state index contributed by atoms with van der Waals surface area (Å²) in [5, 5.41) is 6.66. The molecule has 3 aliphatic heterocycles. The third kappa shape index (κ3) is 4.70. The van der Waals surface area contributed by atoms with Crippen LogP contribution < -0.4 is 10.6 Å². The molecule has 3 heterocycles. The fraction of sp³-hybridized carbons (Fsp3) is 0.900. The highest BCUT2D eigenvalue weighted by molar-refractivity contribution is 5.85. The number of carbonyl (C=O) groups excluding carboxylic acids is 2. The van der Waals surface area contributed by atoms with Crippen LogP contribution in [0.4, 0.5) is 4.79 Å². The second kappa shape index (κ2) is 8.99. The van der Waals surface area contributed by atoms with E-state index in [1.54, 1.807) is 0 Å². The van der Waals surface area contributed by atoms with Crippen molar-refractivity contribution < 1.29 is 9.59 Å². The summed E-state index contributed by atoms with van der Waals surface area (Å²) in [6.07, 6.45) is 10.0. The maximum atomic E-state index is 13.0. The predicted molar refractivity (Wildman–Crippen MR) is 108 cm³/mol. The summed E-state index contributed by atoms with van der Waals surface area (Å²) in [5.41, 5.74) is 0.441. The van der Waals surface area contributed by atoms with Gasteiger partial charge in [0.15, 0.2) is 0 Å². The Labute approximate surface area is 169 Å². The van der Waals surface area contributed by atoms with Gasteiger partial charge in [-0.25, -0.2) is 4.79 Å². The summed E-state index contributed by atoms with van der Waals surface area (Å²) >= 11 is 0. The van der Waals surface area contributed by atoms with Gasteiger partial charge in [-0.1, -0.05) is 12.8 Å². The van der Waals surface area contributed by atoms with Crippen LogP contribution >= 0.6 is 12.4 Å². The molecule has 4 fully saturated rings. The van der Waals surface area contributed by atoms with Crippen LogP contribution in [-0.2, 0) is 4.79 Å². The van der Waals surface area contributed by atoms with Crippen molar-refractivity contribution in [2.75, 3.05) is 39.3 Å². The molecule has 4 aliphatic rings. The van der Waals surface area contributed by atoms with Gasteiger partial charge >= 0.3 is 6.03 Å². The van der Waals surface area contributed by atoms with Crippen LogP contribution in [0.1, 0.15) is 57.8 Å². The molecule has 1 unspecified atom stereocenters. The minimum absolute atomic E-state index is 0. The number of rotatable bonds is 2. The average molecular weight is 399 g/mol. The van der Waals surface area contributed by atoms with E-state index in [9.17, 15) is 9.59 Å². The molecule has 1 atom stereocenters. The summed E-state index contributed by atoms with van der Waals surface area (Å²) in [7, 11) is 0. The van der Waals surface area contributed by atoms with Crippen molar-refractivity contribution in [1.82, 2.24) is 20.4 Å². The molecule has 0 aromatic rings. The maximum absolute atomic E-state index is 13.0. The highest BCUT2D eigenvalue weighted by atomic mass is 35.5. The molecule has 3 amide bonds. The second-order valence-electron chi connectivity index (χ2n) is 8.97. The number of hydrogen-bond donors (Lipinski definition) is 2. The van der Waals surface area contributed by atoms with Gasteiger partial charge in [-0.2, -0.15) is 0 Å². The lowest BCUT2D eigenvalue weighted by Gasteiger charge is -2.41. The molecule has 1 spiro atoms. The number of nitrogens with one attached hydrogen (secondary N) is 2. The first-order valence-electron chi connectivity index (χ1n) is 10.7. The topological polar surface area (TPSA) is 64.7 Å². The van der Waals surface area contributed by atoms with Crippen molar-refractivity contribution in [2.24, 2.45) is 11.3 Å². The van der Waals surface area contributed by atoms with Gasteiger partial charge in [-0.15, -0.1) is 12.4 Å². The fourth-order valence-electron chi connectivity index (χ4n) is 5.38. The zero-order valence-corrected chi connectivity index (χ0v) is 17.2. The number of nitrogens with zero attached hydrogens (tertiary/aromatic N) is 2. The molecule has 3 saturated heterocycles. The Morgan fingerprint density at radius 3 is 2.33 bits per heavy atom. The quantitative estimate of drug-likeness (QED) is 0.750. The number of piperidine rings is 2. The molecule has 27 heavy (non-hydrogen) atoms. The maximum Gasteiger partial charge on any atom is 0.317 e. The third-order valence-corrected chi connectivity index (χ3v) is 7.21. The van der Waals surface area contributed by atoms with Gasteiger partial charge in [0.05, 0.1) is 5.92 Å². The van der Waals surface area contributed by atoms with E-state index >= 15 is 0 Å². The Balaban J connectivity index is 0.00000210. The largest absolute Gasteiger partial charge is 0.342 e. The van der Waals surface area contributed by atoms with Crippen LogP contribution in [0.15, 0.2) is 0 Å². The molecule has 2 N–H and O–H groups in total. The lowest BCUT2D eigenvalue weighted by molar-refractivity contribution is -0.139. The number of hydrogen-bond acceptors (Lipinski definition) is 3. The number of urea groups is 1. The third-order valence-electron chi connectivity index (χ3n) is 7.21. The Bertz CT molecular complexity index is 522. The minimum atomic E-state index is -0.00571. The lowest BCUT2D eigenvalue weighted by Crippen LogP contribution is -2.52. The van der Waals surface area contributed by atoms with Crippen LogP contribution in [0.3, 0.4) is 0 Å². The summed E-state index contributed by atoms with van der Waals surface area (Å²) in [4.78, 5) is 29.5. The van der Waals surface area contributed by atoms with Gasteiger partial charge in [-0.3, -0.25) is 4.79 Å². The monoisotopic (exact) mass is 398 g/mol. The van der Waals surface area contributed by atoms with Gasteiger partial charge in [0, 0.05) is 38.8 Å². The molecule has 0 bridgehead atoms. The van der Waals surface area contributed by atoms with Gasteiger partial charge in [0.25, 0.3) is 0 Å². The van der Waals surface area contributed by atoms with E-state index in [1.807, 2.05) is 4.90 Å². The second-order valence-corrected chi connectivity index (χ2v) is 8.97. The first-order chi connectivity index (χ1) is 12.7. The molecule has 1 aliphatic carbocycles. The molecule has 4 rings (SSSR count). The van der Waals surface area contributed by atoms with Crippen molar-refractivity contribution in [1.29, 1.82) is 0 Å². The smallest absolute Gasteiger partial charge is 0.317 e. The molecule has 7 heteroatoms. The summed E-state index contributed by atoms with van der Waals surface area (Å²) in [5.74, 6) is 0.276. The zero-order chi connectivity index (χ0) is 18.0. The molecule has 6 nitrogen and oxygen atoms in total. The average Bonchev–Trinajstić information content (AvgIpc) is 3.34. The van der Waals surface area contributed by atoms with E-state index in [0.29, 0.717) is 18.0 Å². The zero-order valence-electron chi connectivity index (χ0n) is 16.4. The Kier molecular flexibility index (Phi) is 6.90. The summed E-state index contributed by atoms with van der Waals surface area (Å²) in [6, 6.07) is 0.390. The van der Waals surface area contributed by atoms with E-state index in [-0.39, 0.29) is 30.3 Å². The van der Waals surface area contributed by atoms with Crippen molar-refractivity contribution in [2.45, 2.75) is 63.8 Å². The molecule has 1 saturated carbocycles. The van der Waals surface area contributed by atoms with E-state index < -0.39 is 0 Å². The number of amides is 3. The SMILES string of the molecule is Cl.O=C(NC1CCCC1)N1CCCC(C(=O)N2CCC3(CCNC3)CC2)C1. The van der Waals surface area contributed by atoms with E-state index in [0.717, 1.165) is 71.2 Å². The van der Waals surface area contributed by atoms with Crippen LogP contribution in [0.5, 0.6) is 0 Å². The van der Waals surface area contributed by atoms with Crippen molar-refractivity contribution in [3.63, 3.8) is 0 Å². The standard InChI is InChI=1S/C20H34N4O2.ClH/c25-18(23-12-8-20(9-13-23)7-10-21-15-20)16-4-3-11-24(14-16)19(26)22-17-5-1-2-6-17;/h16-17,21H,1-15H2,(H,22,26);1H. The fourth-order valence-corrected chi connectivity index (χ4v) is 5.38. The van der Waals surface area contributed by atoms with Gasteiger partial charge in [-0.05, 0) is 56.9 Å². The Hall–Kier alpha value is -1.01. The van der Waals surface area contributed by atoms with Crippen LogP contribution in [0, 0.1) is 11.3 Å². The van der Waals surface area contributed by atoms with Crippen LogP contribution in [0.2, 0.25) is 0 Å². The highest BCUT2D eigenvalue weighted by Gasteiger charge is 2.40. The highest BCUT2D eigenvalue weighted by Crippen LogP contribution is 2.37. The van der Waals surface area contributed by atoms with E-state index in [4.69, 9.17) is 0 Å². The molecule has 154 valence electrons. The van der Waals surface area contributed by atoms with E-state index in [1.165, 1.54) is 19.3 Å². The van der Waals surface area contributed by atoms with Gasteiger partial charge in [0.2, 0.25) is 5.91 Å². The van der Waals surface area contributed by atoms with Crippen molar-refractivity contribution in [3.05, 3.63) is 0 Å². The summed E-state index contributed by atoms with van der Waals surface area (Å²) < 4.78 is 0. The molecule has 0 aromatic heterocycles. The molecule has 0 radical (unpaired) electrons. The van der Waals surface area contributed by atoms with Gasteiger partial charge < -0.3 is 20.4 Å². The lowest BCUT2D eigenvalue weighted by atomic mass is 9.77. The predicted octanol–water partition coefficient (Wildman–Crippen LogP) is 2.37. The first kappa shape index (κ1) is 20.7. The van der Waals surface area contributed by atoms with Crippen LogP contribution in [0.25, 0.3) is 0 Å². The van der Waals surface area contributed by atoms with Crippen LogP contribution in [-0.4, -0.2) is 67.0 Å². The van der Waals surface area contributed by atoms with Gasteiger partial charge in [0.1, 0.15) is 0 Å². The van der Waals surface area contributed by atoms with E-state index in [2.05, 4.69) is 15.5 Å². The summed E-state index contributed by atoms with van der Waals surface area (Å²) in [6.45, 7) is 5.42. The molecule has 0 aromatic carbocycles. The Morgan fingerprint density at radius 1 is 0.926 bits per heavy atom.